The zero-order valence-electron chi connectivity index (χ0n) is 10.7. The van der Waals surface area contributed by atoms with Crippen LogP contribution in [-0.2, 0) is 6.42 Å². The van der Waals surface area contributed by atoms with E-state index in [2.05, 4.69) is 48.0 Å². The van der Waals surface area contributed by atoms with Crippen LogP contribution in [0.3, 0.4) is 0 Å². The Morgan fingerprint density at radius 3 is 2.76 bits per heavy atom. The monoisotopic (exact) mass is 315 g/mol. The van der Waals surface area contributed by atoms with E-state index >= 15 is 0 Å². The van der Waals surface area contributed by atoms with Gasteiger partial charge in [-0.3, -0.25) is 0 Å². The number of benzene rings is 1. The van der Waals surface area contributed by atoms with Crippen molar-refractivity contribution in [2.45, 2.75) is 50.5 Å². The fourth-order valence-corrected chi connectivity index (χ4v) is 3.34. The minimum Gasteiger partial charge on any atom is -0.328 e. The maximum absolute atomic E-state index is 5.89. The van der Waals surface area contributed by atoms with Gasteiger partial charge in [-0.05, 0) is 43.2 Å². The van der Waals surface area contributed by atoms with Crippen molar-refractivity contribution >= 4 is 27.7 Å². The fraction of sp³-hybridized carbons (Fsp3) is 0.571. The van der Waals surface area contributed by atoms with Crippen molar-refractivity contribution < 1.29 is 0 Å². The summed E-state index contributed by atoms with van der Waals surface area (Å²) in [5, 5.41) is 0. The first-order valence-electron chi connectivity index (χ1n) is 6.30. The van der Waals surface area contributed by atoms with E-state index < -0.39 is 0 Å². The van der Waals surface area contributed by atoms with E-state index in [9.17, 15) is 0 Å². The number of thioether (sulfide) groups is 1. The van der Waals surface area contributed by atoms with Gasteiger partial charge in [-0.25, -0.2) is 0 Å². The number of nitrogens with two attached hydrogens (primary N) is 1. The Labute approximate surface area is 118 Å². The highest BCUT2D eigenvalue weighted by atomic mass is 79.9. The van der Waals surface area contributed by atoms with Crippen LogP contribution in [0.25, 0.3) is 0 Å². The first-order valence-corrected chi connectivity index (χ1v) is 8.08. The quantitative estimate of drug-likeness (QED) is 0.587. The Morgan fingerprint density at radius 2 is 2.12 bits per heavy atom. The van der Waals surface area contributed by atoms with E-state index in [1.54, 1.807) is 0 Å². The van der Waals surface area contributed by atoms with Gasteiger partial charge < -0.3 is 5.73 Å². The molecule has 3 heteroatoms. The van der Waals surface area contributed by atoms with Crippen molar-refractivity contribution in [2.75, 3.05) is 5.75 Å². The lowest BCUT2D eigenvalue weighted by Gasteiger charge is -2.11. The summed E-state index contributed by atoms with van der Waals surface area (Å²) < 4.78 is 1.16. The molecule has 0 heterocycles. The van der Waals surface area contributed by atoms with Crippen LogP contribution in [0.1, 0.15) is 38.7 Å². The summed E-state index contributed by atoms with van der Waals surface area (Å²) in [7, 11) is 0. The smallest absolute Gasteiger partial charge is 0.0186 e. The van der Waals surface area contributed by atoms with Gasteiger partial charge in [0.2, 0.25) is 0 Å². The van der Waals surface area contributed by atoms with E-state index in [0.717, 1.165) is 10.9 Å². The molecule has 0 radical (unpaired) electrons. The summed E-state index contributed by atoms with van der Waals surface area (Å²) >= 11 is 5.50. The molecule has 0 saturated carbocycles. The number of hydrogen-bond acceptors (Lipinski definition) is 2. The Morgan fingerprint density at radius 1 is 1.35 bits per heavy atom. The van der Waals surface area contributed by atoms with Gasteiger partial charge in [-0.1, -0.05) is 41.8 Å². The number of rotatable bonds is 7. The second-order valence-corrected chi connectivity index (χ2v) is 6.54. The van der Waals surface area contributed by atoms with Crippen LogP contribution in [0.4, 0.5) is 0 Å². The molecule has 0 aliphatic heterocycles. The van der Waals surface area contributed by atoms with Crippen LogP contribution < -0.4 is 5.73 Å². The van der Waals surface area contributed by atoms with Crippen LogP contribution in [0.2, 0.25) is 0 Å². The molecular weight excluding hydrogens is 294 g/mol. The highest BCUT2D eigenvalue weighted by Gasteiger charge is 2.06. The van der Waals surface area contributed by atoms with Gasteiger partial charge in [0, 0.05) is 15.4 Å². The molecule has 1 aromatic rings. The largest absolute Gasteiger partial charge is 0.328 e. The van der Waals surface area contributed by atoms with Crippen LogP contribution in [-0.4, -0.2) is 11.8 Å². The lowest BCUT2D eigenvalue weighted by atomic mass is 10.1. The van der Waals surface area contributed by atoms with Crippen LogP contribution in [0.15, 0.2) is 27.6 Å². The molecule has 0 spiro atoms. The van der Waals surface area contributed by atoms with Crippen molar-refractivity contribution in [1.29, 1.82) is 0 Å². The maximum Gasteiger partial charge on any atom is 0.0186 e. The minimum atomic E-state index is 0.228. The molecule has 1 rings (SSSR count). The summed E-state index contributed by atoms with van der Waals surface area (Å²) in [5.74, 6) is 1.20. The SMILES string of the molecule is CCCCCSc1cc(Br)ccc1CC(C)N. The standard InChI is InChI=1S/C14H22BrNS/c1-3-4-5-8-17-14-10-13(15)7-6-12(14)9-11(2)16/h6-7,10-11H,3-5,8-9,16H2,1-2H3. The summed E-state index contributed by atoms with van der Waals surface area (Å²) in [6.07, 6.45) is 4.87. The van der Waals surface area contributed by atoms with Crippen molar-refractivity contribution in [1.82, 2.24) is 0 Å². The van der Waals surface area contributed by atoms with Crippen molar-refractivity contribution in [3.05, 3.63) is 28.2 Å². The van der Waals surface area contributed by atoms with E-state index in [4.69, 9.17) is 5.73 Å². The van der Waals surface area contributed by atoms with Gasteiger partial charge in [0.05, 0.1) is 0 Å². The van der Waals surface area contributed by atoms with E-state index in [0.29, 0.717) is 0 Å². The average molecular weight is 316 g/mol. The molecule has 2 N–H and O–H groups in total. The fourth-order valence-electron chi connectivity index (χ4n) is 1.71. The van der Waals surface area contributed by atoms with Crippen LogP contribution in [0.5, 0.6) is 0 Å². The molecule has 1 atom stereocenters. The Hall–Kier alpha value is 0.01000. The third-order valence-electron chi connectivity index (χ3n) is 2.58. The molecule has 0 aromatic heterocycles. The van der Waals surface area contributed by atoms with E-state index in [-0.39, 0.29) is 6.04 Å². The van der Waals surface area contributed by atoms with Crippen molar-refractivity contribution in [3.63, 3.8) is 0 Å². The first kappa shape index (κ1) is 15.1. The lowest BCUT2D eigenvalue weighted by molar-refractivity contribution is 0.729. The molecule has 1 aromatic carbocycles. The molecule has 0 saturated heterocycles. The Bertz CT molecular complexity index is 339. The Balaban J connectivity index is 2.63. The molecule has 96 valence electrons. The summed E-state index contributed by atoms with van der Waals surface area (Å²) in [4.78, 5) is 1.38. The molecule has 0 aliphatic carbocycles. The van der Waals surface area contributed by atoms with Gasteiger partial charge >= 0.3 is 0 Å². The summed E-state index contributed by atoms with van der Waals surface area (Å²) in [6, 6.07) is 6.74. The van der Waals surface area contributed by atoms with Crippen LogP contribution in [0, 0.1) is 0 Å². The summed E-state index contributed by atoms with van der Waals surface area (Å²) in [5.41, 5.74) is 7.27. The third-order valence-corrected chi connectivity index (χ3v) is 4.25. The third kappa shape index (κ3) is 5.94. The molecular formula is C14H22BrNS. The zero-order chi connectivity index (χ0) is 12.7. The first-order chi connectivity index (χ1) is 8.13. The second-order valence-electron chi connectivity index (χ2n) is 4.49. The van der Waals surface area contributed by atoms with Gasteiger partial charge in [-0.2, -0.15) is 0 Å². The van der Waals surface area contributed by atoms with Gasteiger partial charge in [0.1, 0.15) is 0 Å². The predicted molar refractivity (Wildman–Crippen MR) is 81.7 cm³/mol. The lowest BCUT2D eigenvalue weighted by Crippen LogP contribution is -2.18. The van der Waals surface area contributed by atoms with E-state index in [1.807, 2.05) is 11.8 Å². The zero-order valence-corrected chi connectivity index (χ0v) is 13.1. The average Bonchev–Trinajstić information content (AvgIpc) is 2.27. The molecule has 17 heavy (non-hydrogen) atoms. The molecule has 0 aliphatic rings. The maximum atomic E-state index is 5.89. The predicted octanol–water partition coefficient (Wildman–Crippen LogP) is 4.62. The molecule has 1 nitrogen and oxygen atoms in total. The topological polar surface area (TPSA) is 26.0 Å². The Kier molecular flexibility index (Phi) is 7.24. The van der Waals surface area contributed by atoms with Gasteiger partial charge in [0.25, 0.3) is 0 Å². The van der Waals surface area contributed by atoms with Crippen molar-refractivity contribution in [2.24, 2.45) is 5.73 Å². The molecule has 1 unspecified atom stereocenters. The molecule has 0 fully saturated rings. The molecule has 0 amide bonds. The minimum absolute atomic E-state index is 0.228. The normalized spacial score (nSPS) is 12.7. The highest BCUT2D eigenvalue weighted by Crippen LogP contribution is 2.28. The van der Waals surface area contributed by atoms with Gasteiger partial charge in [-0.15, -0.1) is 11.8 Å². The van der Waals surface area contributed by atoms with Gasteiger partial charge in [0.15, 0.2) is 0 Å². The number of unbranched alkanes of at least 4 members (excludes halogenated alkanes) is 2. The number of halogens is 1. The van der Waals surface area contributed by atoms with E-state index in [1.165, 1.54) is 35.5 Å². The summed E-state index contributed by atoms with van der Waals surface area (Å²) in [6.45, 7) is 4.30. The molecule has 0 bridgehead atoms. The van der Waals surface area contributed by atoms with Crippen molar-refractivity contribution in [3.8, 4) is 0 Å². The number of hydrogen-bond donors (Lipinski definition) is 1. The second kappa shape index (κ2) is 8.17. The van der Waals surface area contributed by atoms with Crippen LogP contribution >= 0.6 is 27.7 Å². The highest BCUT2D eigenvalue weighted by molar-refractivity contribution is 9.10.